The number of amides is 1. The normalized spacial score (nSPS) is 17.6. The van der Waals surface area contributed by atoms with Crippen LogP contribution in [0.5, 0.6) is 0 Å². The summed E-state index contributed by atoms with van der Waals surface area (Å²) in [5.41, 5.74) is 0.0257. The van der Waals surface area contributed by atoms with Gasteiger partial charge in [0, 0.05) is 10.6 Å². The Hall–Kier alpha value is -1.55. The molecule has 4 nitrogen and oxygen atoms in total. The predicted molar refractivity (Wildman–Crippen MR) is 72.4 cm³/mol. The molecule has 1 aromatic rings. The van der Waals surface area contributed by atoms with Gasteiger partial charge in [-0.1, -0.05) is 11.6 Å². The molecule has 19 heavy (non-hydrogen) atoms. The summed E-state index contributed by atoms with van der Waals surface area (Å²) in [4.78, 5) is 23.5. The molecule has 0 bridgehead atoms. The lowest BCUT2D eigenvalue weighted by atomic mass is 9.95. The fourth-order valence-corrected chi connectivity index (χ4v) is 2.20. The van der Waals surface area contributed by atoms with E-state index in [0.29, 0.717) is 10.6 Å². The van der Waals surface area contributed by atoms with Gasteiger partial charge in [0.2, 0.25) is 0 Å². The average Bonchev–Trinajstić information content (AvgIpc) is 3.16. The number of carboxylic acids is 1. The van der Waals surface area contributed by atoms with E-state index >= 15 is 0 Å². The molecular formula is C14H16ClNO3. The maximum atomic E-state index is 12.1. The standard InChI is InChI=1S/C14H16ClNO3/c1-8-7-9(3-6-11(8)15)12(17)16-14(2,13(18)19)10-4-5-10/h3,6-7,10H,4-5H2,1-2H3,(H,16,17)(H,18,19). The topological polar surface area (TPSA) is 66.4 Å². The van der Waals surface area contributed by atoms with Crippen molar-refractivity contribution in [1.82, 2.24) is 5.32 Å². The summed E-state index contributed by atoms with van der Waals surface area (Å²) in [6.07, 6.45) is 1.67. The van der Waals surface area contributed by atoms with Crippen molar-refractivity contribution in [3.05, 3.63) is 34.3 Å². The quantitative estimate of drug-likeness (QED) is 0.891. The number of nitrogens with one attached hydrogen (secondary N) is 1. The van der Waals surface area contributed by atoms with Crippen LogP contribution in [0.4, 0.5) is 0 Å². The highest BCUT2D eigenvalue weighted by Crippen LogP contribution is 2.39. The van der Waals surface area contributed by atoms with E-state index in [2.05, 4.69) is 5.32 Å². The third-order valence-electron chi connectivity index (χ3n) is 3.63. The molecule has 1 unspecified atom stereocenters. The van der Waals surface area contributed by atoms with Crippen LogP contribution in [0.15, 0.2) is 18.2 Å². The van der Waals surface area contributed by atoms with E-state index in [0.717, 1.165) is 18.4 Å². The number of hydrogen-bond acceptors (Lipinski definition) is 2. The summed E-state index contributed by atoms with van der Waals surface area (Å²) in [7, 11) is 0. The van der Waals surface area contributed by atoms with Crippen LogP contribution in [0.25, 0.3) is 0 Å². The molecule has 0 radical (unpaired) electrons. The molecule has 0 aliphatic heterocycles. The van der Waals surface area contributed by atoms with E-state index in [1.165, 1.54) is 0 Å². The predicted octanol–water partition coefficient (Wildman–Crippen LogP) is 2.63. The third-order valence-corrected chi connectivity index (χ3v) is 4.06. The average molecular weight is 282 g/mol. The SMILES string of the molecule is Cc1cc(C(=O)NC(C)(C(=O)O)C2CC2)ccc1Cl. The molecule has 2 rings (SSSR count). The first kappa shape index (κ1) is 13.9. The second-order valence-electron chi connectivity index (χ2n) is 5.20. The van der Waals surface area contributed by atoms with Crippen molar-refractivity contribution in [2.75, 3.05) is 0 Å². The number of rotatable bonds is 4. The first-order valence-corrected chi connectivity index (χ1v) is 6.54. The van der Waals surface area contributed by atoms with Gasteiger partial charge in [0.25, 0.3) is 5.91 Å². The van der Waals surface area contributed by atoms with Crippen molar-refractivity contribution in [2.24, 2.45) is 5.92 Å². The monoisotopic (exact) mass is 281 g/mol. The molecule has 5 heteroatoms. The van der Waals surface area contributed by atoms with E-state index in [9.17, 15) is 14.7 Å². The Balaban J connectivity index is 2.20. The van der Waals surface area contributed by atoms with Crippen LogP contribution in [0.3, 0.4) is 0 Å². The van der Waals surface area contributed by atoms with Gasteiger partial charge in [-0.05, 0) is 56.4 Å². The van der Waals surface area contributed by atoms with Crippen LogP contribution >= 0.6 is 11.6 Å². The van der Waals surface area contributed by atoms with E-state index in [-0.39, 0.29) is 11.8 Å². The van der Waals surface area contributed by atoms with Gasteiger partial charge in [-0.3, -0.25) is 4.79 Å². The summed E-state index contributed by atoms with van der Waals surface area (Å²) in [6, 6.07) is 4.90. The summed E-state index contributed by atoms with van der Waals surface area (Å²) in [5, 5.41) is 12.5. The number of aliphatic carboxylic acids is 1. The van der Waals surface area contributed by atoms with Gasteiger partial charge in [-0.25, -0.2) is 4.79 Å². The molecule has 1 fully saturated rings. The zero-order valence-corrected chi connectivity index (χ0v) is 11.6. The van der Waals surface area contributed by atoms with E-state index < -0.39 is 11.5 Å². The van der Waals surface area contributed by atoms with Crippen molar-refractivity contribution in [3.63, 3.8) is 0 Å². The number of carboxylic acid groups (broad SMARTS) is 1. The molecule has 1 saturated carbocycles. The van der Waals surface area contributed by atoms with Gasteiger partial charge >= 0.3 is 5.97 Å². The van der Waals surface area contributed by atoms with E-state index in [1.54, 1.807) is 32.0 Å². The Morgan fingerprint density at radius 2 is 2.05 bits per heavy atom. The van der Waals surface area contributed by atoms with Gasteiger partial charge in [-0.15, -0.1) is 0 Å². The molecular weight excluding hydrogens is 266 g/mol. The maximum Gasteiger partial charge on any atom is 0.329 e. The van der Waals surface area contributed by atoms with Crippen molar-refractivity contribution in [1.29, 1.82) is 0 Å². The molecule has 1 atom stereocenters. The van der Waals surface area contributed by atoms with Crippen molar-refractivity contribution >= 4 is 23.5 Å². The van der Waals surface area contributed by atoms with Crippen LogP contribution in [0, 0.1) is 12.8 Å². The largest absolute Gasteiger partial charge is 0.480 e. The number of benzene rings is 1. The fourth-order valence-electron chi connectivity index (χ4n) is 2.08. The number of halogens is 1. The zero-order chi connectivity index (χ0) is 14.2. The highest BCUT2D eigenvalue weighted by Gasteiger charge is 2.48. The zero-order valence-electron chi connectivity index (χ0n) is 10.9. The molecule has 2 N–H and O–H groups in total. The summed E-state index contributed by atoms with van der Waals surface area (Å²) >= 11 is 5.90. The second kappa shape index (κ2) is 4.85. The lowest BCUT2D eigenvalue weighted by Gasteiger charge is -2.26. The van der Waals surface area contributed by atoms with Gasteiger partial charge in [0.1, 0.15) is 5.54 Å². The molecule has 102 valence electrons. The summed E-state index contributed by atoms with van der Waals surface area (Å²) in [5.74, 6) is -1.35. The molecule has 1 aliphatic carbocycles. The van der Waals surface area contributed by atoms with Gasteiger partial charge in [0.15, 0.2) is 0 Å². The minimum Gasteiger partial charge on any atom is -0.480 e. The number of hydrogen-bond donors (Lipinski definition) is 2. The lowest BCUT2D eigenvalue weighted by Crippen LogP contribution is -2.54. The summed E-state index contributed by atoms with van der Waals surface area (Å²) in [6.45, 7) is 3.37. The number of carbonyl (C=O) groups is 2. The Morgan fingerprint density at radius 1 is 1.42 bits per heavy atom. The van der Waals surface area contributed by atoms with E-state index in [1.807, 2.05) is 0 Å². The highest BCUT2D eigenvalue weighted by atomic mass is 35.5. The Kier molecular flexibility index (Phi) is 3.54. The van der Waals surface area contributed by atoms with Crippen LogP contribution in [-0.4, -0.2) is 22.5 Å². The minimum atomic E-state index is -1.19. The van der Waals surface area contributed by atoms with Crippen LogP contribution < -0.4 is 5.32 Å². The van der Waals surface area contributed by atoms with Crippen LogP contribution in [0.2, 0.25) is 5.02 Å². The second-order valence-corrected chi connectivity index (χ2v) is 5.61. The molecule has 1 aromatic carbocycles. The minimum absolute atomic E-state index is 0.0161. The molecule has 0 spiro atoms. The Bertz CT molecular complexity index is 539. The fraction of sp³-hybridized carbons (Fsp3) is 0.429. The van der Waals surface area contributed by atoms with Gasteiger partial charge in [0.05, 0.1) is 0 Å². The van der Waals surface area contributed by atoms with Gasteiger partial charge < -0.3 is 10.4 Å². The summed E-state index contributed by atoms with van der Waals surface area (Å²) < 4.78 is 0. The number of carbonyl (C=O) groups excluding carboxylic acids is 1. The molecule has 0 aromatic heterocycles. The van der Waals surface area contributed by atoms with Crippen LogP contribution in [-0.2, 0) is 4.79 Å². The van der Waals surface area contributed by atoms with Crippen molar-refractivity contribution in [3.8, 4) is 0 Å². The van der Waals surface area contributed by atoms with Gasteiger partial charge in [-0.2, -0.15) is 0 Å². The molecule has 0 heterocycles. The van der Waals surface area contributed by atoms with Crippen LogP contribution in [0.1, 0.15) is 35.7 Å². The Labute approximate surface area is 116 Å². The first-order valence-electron chi connectivity index (χ1n) is 6.16. The molecule has 1 aliphatic rings. The Morgan fingerprint density at radius 3 is 2.53 bits per heavy atom. The highest BCUT2D eigenvalue weighted by molar-refractivity contribution is 6.31. The maximum absolute atomic E-state index is 12.1. The first-order chi connectivity index (χ1) is 8.84. The van der Waals surface area contributed by atoms with Crippen molar-refractivity contribution in [2.45, 2.75) is 32.2 Å². The lowest BCUT2D eigenvalue weighted by molar-refractivity contribution is -0.144. The van der Waals surface area contributed by atoms with Crippen molar-refractivity contribution < 1.29 is 14.7 Å². The number of aryl methyl sites for hydroxylation is 1. The smallest absolute Gasteiger partial charge is 0.329 e. The molecule has 1 amide bonds. The van der Waals surface area contributed by atoms with E-state index in [4.69, 9.17) is 11.6 Å². The third kappa shape index (κ3) is 2.73. The molecule has 0 saturated heterocycles.